The number of rotatable bonds is 1. The van der Waals surface area contributed by atoms with E-state index in [1.54, 1.807) is 12.1 Å². The third kappa shape index (κ3) is 1.32. The molecule has 1 aromatic rings. The van der Waals surface area contributed by atoms with E-state index in [0.717, 1.165) is 0 Å². The lowest BCUT2D eigenvalue weighted by molar-refractivity contribution is 0.512. The van der Waals surface area contributed by atoms with Gasteiger partial charge in [0.25, 0.3) is 0 Å². The van der Waals surface area contributed by atoms with Crippen molar-refractivity contribution in [1.82, 2.24) is 0 Å². The molecule has 0 aliphatic heterocycles. The van der Waals surface area contributed by atoms with E-state index in [4.69, 9.17) is 11.7 Å². The van der Waals surface area contributed by atoms with Crippen molar-refractivity contribution >= 4 is 5.76 Å². The molecule has 0 spiro atoms. The van der Waals surface area contributed by atoms with Gasteiger partial charge in [-0.05, 0) is 6.58 Å². The Labute approximate surface area is 54.3 Å². The van der Waals surface area contributed by atoms with Gasteiger partial charge in [0.15, 0.2) is 0 Å². The number of hydrogen-bond donors (Lipinski definition) is 1. The van der Waals surface area contributed by atoms with Gasteiger partial charge < -0.3 is 5.11 Å². The van der Waals surface area contributed by atoms with Gasteiger partial charge in [-0.1, -0.05) is 30.3 Å². The second kappa shape index (κ2) is 2.35. The Kier molecular flexibility index (Phi) is 1.54. The fraction of sp³-hybridized carbons (Fsp3) is 0. The summed E-state index contributed by atoms with van der Waals surface area (Å²) in [5, 5.41) is 8.72. The summed E-state index contributed by atoms with van der Waals surface area (Å²) in [5.41, 5.74) is 0.664. The summed E-state index contributed by atoms with van der Waals surface area (Å²) in [6, 6.07) is 8.99. The van der Waals surface area contributed by atoms with Crippen LogP contribution in [0.1, 0.15) is 5.56 Å². The highest BCUT2D eigenvalue weighted by atomic mass is 16.3. The molecule has 1 nitrogen and oxygen atoms in total. The minimum atomic E-state index is -0.129. The number of benzene rings is 1. The summed E-state index contributed by atoms with van der Waals surface area (Å²) in [5.74, 6) is -0.129. The summed E-state index contributed by atoms with van der Waals surface area (Å²) in [6.07, 6.45) is 0. The zero-order chi connectivity index (χ0) is 6.69. The smallest absolute Gasteiger partial charge is 0.122 e. The Morgan fingerprint density at radius 2 is 1.78 bits per heavy atom. The van der Waals surface area contributed by atoms with Crippen molar-refractivity contribution < 1.29 is 5.11 Å². The number of hydrogen-bond acceptors (Lipinski definition) is 1. The SMILES string of the molecule is [CH]=C(O)c1ccccc1. The lowest BCUT2D eigenvalue weighted by Gasteiger charge is -1.93. The fourth-order valence-corrected chi connectivity index (χ4v) is 0.609. The molecule has 0 bridgehead atoms. The van der Waals surface area contributed by atoms with Crippen LogP contribution in [0.5, 0.6) is 0 Å². The molecule has 0 unspecified atom stereocenters. The second-order valence-corrected chi connectivity index (χ2v) is 1.75. The topological polar surface area (TPSA) is 20.2 Å². The molecule has 0 aliphatic carbocycles. The van der Waals surface area contributed by atoms with E-state index in [1.165, 1.54) is 0 Å². The number of aliphatic hydroxyl groups is 1. The first-order valence-electron chi connectivity index (χ1n) is 2.67. The van der Waals surface area contributed by atoms with Gasteiger partial charge >= 0.3 is 0 Å². The van der Waals surface area contributed by atoms with Crippen LogP contribution in [0.25, 0.3) is 5.76 Å². The van der Waals surface area contributed by atoms with Crippen molar-refractivity contribution in [2.75, 3.05) is 0 Å². The van der Waals surface area contributed by atoms with E-state index < -0.39 is 0 Å². The van der Waals surface area contributed by atoms with Crippen LogP contribution in [-0.2, 0) is 0 Å². The molecule has 0 saturated carbocycles. The van der Waals surface area contributed by atoms with Crippen LogP contribution in [0.15, 0.2) is 30.3 Å². The molecular weight excluding hydrogens is 112 g/mol. The van der Waals surface area contributed by atoms with E-state index in [9.17, 15) is 0 Å². The Hall–Kier alpha value is -1.24. The van der Waals surface area contributed by atoms with Crippen molar-refractivity contribution in [1.29, 1.82) is 0 Å². The monoisotopic (exact) mass is 119 g/mol. The molecule has 1 aromatic carbocycles. The molecule has 1 N–H and O–H groups in total. The molecule has 0 aromatic heterocycles. The van der Waals surface area contributed by atoms with Crippen LogP contribution in [0.4, 0.5) is 0 Å². The van der Waals surface area contributed by atoms with E-state index in [1.807, 2.05) is 18.2 Å². The van der Waals surface area contributed by atoms with Crippen LogP contribution < -0.4 is 0 Å². The van der Waals surface area contributed by atoms with Crippen LogP contribution in [0, 0.1) is 6.58 Å². The van der Waals surface area contributed by atoms with Gasteiger partial charge in [0, 0.05) is 5.56 Å². The third-order valence-electron chi connectivity index (χ3n) is 1.07. The van der Waals surface area contributed by atoms with Crippen LogP contribution in [-0.4, -0.2) is 5.11 Å². The first kappa shape index (κ1) is 5.89. The Balaban J connectivity index is 2.98. The Morgan fingerprint density at radius 1 is 1.22 bits per heavy atom. The van der Waals surface area contributed by atoms with Gasteiger partial charge in [0.2, 0.25) is 0 Å². The zero-order valence-electron chi connectivity index (χ0n) is 4.91. The molecule has 45 valence electrons. The maximum Gasteiger partial charge on any atom is 0.122 e. The molecule has 1 rings (SSSR count). The quantitative estimate of drug-likeness (QED) is 0.561. The van der Waals surface area contributed by atoms with Crippen LogP contribution >= 0.6 is 0 Å². The predicted molar refractivity (Wildman–Crippen MR) is 36.8 cm³/mol. The lowest BCUT2D eigenvalue weighted by atomic mass is 10.2. The molecule has 0 saturated heterocycles. The molecular formula is C8H7O. The fourth-order valence-electron chi connectivity index (χ4n) is 0.609. The summed E-state index contributed by atoms with van der Waals surface area (Å²) in [6.45, 7) is 5.09. The summed E-state index contributed by atoms with van der Waals surface area (Å²) < 4.78 is 0. The Bertz CT molecular complexity index is 201. The average molecular weight is 119 g/mol. The number of aliphatic hydroxyl groups excluding tert-OH is 1. The maximum atomic E-state index is 8.72. The zero-order valence-corrected chi connectivity index (χ0v) is 4.91. The normalized spacial score (nSPS) is 8.89. The van der Waals surface area contributed by atoms with Gasteiger partial charge in [0.05, 0.1) is 0 Å². The summed E-state index contributed by atoms with van der Waals surface area (Å²) >= 11 is 0. The predicted octanol–water partition coefficient (Wildman–Crippen LogP) is 2.02. The highest BCUT2D eigenvalue weighted by Gasteiger charge is 1.89. The summed E-state index contributed by atoms with van der Waals surface area (Å²) in [4.78, 5) is 0. The summed E-state index contributed by atoms with van der Waals surface area (Å²) in [7, 11) is 0. The highest BCUT2D eigenvalue weighted by molar-refractivity contribution is 5.53. The van der Waals surface area contributed by atoms with Crippen molar-refractivity contribution in [3.8, 4) is 0 Å². The minimum absolute atomic E-state index is 0.129. The lowest BCUT2D eigenvalue weighted by Crippen LogP contribution is -1.76. The first-order valence-corrected chi connectivity index (χ1v) is 2.67. The van der Waals surface area contributed by atoms with Gasteiger partial charge in [-0.2, -0.15) is 0 Å². The molecule has 1 radical (unpaired) electrons. The second-order valence-electron chi connectivity index (χ2n) is 1.75. The van der Waals surface area contributed by atoms with Crippen molar-refractivity contribution in [3.63, 3.8) is 0 Å². The minimum Gasteiger partial charge on any atom is -0.507 e. The largest absolute Gasteiger partial charge is 0.507 e. The Morgan fingerprint density at radius 3 is 2.11 bits per heavy atom. The van der Waals surface area contributed by atoms with Crippen LogP contribution in [0.3, 0.4) is 0 Å². The van der Waals surface area contributed by atoms with Crippen molar-refractivity contribution in [3.05, 3.63) is 42.5 Å². The standard InChI is InChI=1S/C8H7O/c1-7(9)8-5-3-2-4-6-8/h1-6,9H. The molecule has 0 fully saturated rings. The van der Waals surface area contributed by atoms with E-state index >= 15 is 0 Å². The van der Waals surface area contributed by atoms with E-state index in [-0.39, 0.29) is 5.76 Å². The van der Waals surface area contributed by atoms with Crippen molar-refractivity contribution in [2.45, 2.75) is 0 Å². The first-order chi connectivity index (χ1) is 4.30. The van der Waals surface area contributed by atoms with Gasteiger partial charge in [0.1, 0.15) is 5.76 Å². The van der Waals surface area contributed by atoms with Gasteiger partial charge in [-0.15, -0.1) is 0 Å². The highest BCUT2D eigenvalue weighted by Crippen LogP contribution is 2.05. The molecule has 0 aliphatic rings. The van der Waals surface area contributed by atoms with Gasteiger partial charge in [-0.3, -0.25) is 0 Å². The molecule has 1 heteroatoms. The van der Waals surface area contributed by atoms with Crippen LogP contribution in [0.2, 0.25) is 0 Å². The van der Waals surface area contributed by atoms with E-state index in [2.05, 4.69) is 0 Å². The molecule has 9 heavy (non-hydrogen) atoms. The molecule has 0 amide bonds. The van der Waals surface area contributed by atoms with Gasteiger partial charge in [-0.25, -0.2) is 0 Å². The third-order valence-corrected chi connectivity index (χ3v) is 1.07. The molecule has 0 atom stereocenters. The average Bonchev–Trinajstić information content (AvgIpc) is 1.90. The van der Waals surface area contributed by atoms with E-state index in [0.29, 0.717) is 5.56 Å². The van der Waals surface area contributed by atoms with Crippen molar-refractivity contribution in [2.24, 2.45) is 0 Å². The maximum absolute atomic E-state index is 8.72. The molecule has 0 heterocycles.